The maximum Gasteiger partial charge on any atom is 0.233 e. The van der Waals surface area contributed by atoms with E-state index in [0.29, 0.717) is 6.54 Å². The van der Waals surface area contributed by atoms with E-state index < -0.39 is 0 Å². The zero-order valence-corrected chi connectivity index (χ0v) is 12.0. The van der Waals surface area contributed by atoms with Crippen LogP contribution in [0.2, 0.25) is 0 Å². The highest BCUT2D eigenvalue weighted by Crippen LogP contribution is 2.01. The Morgan fingerprint density at radius 1 is 1.16 bits per heavy atom. The zero-order chi connectivity index (χ0) is 13.9. The molecule has 0 heterocycles. The zero-order valence-electron chi connectivity index (χ0n) is 12.0. The third kappa shape index (κ3) is 8.35. The van der Waals surface area contributed by atoms with Gasteiger partial charge in [0.2, 0.25) is 5.91 Å². The maximum absolute atomic E-state index is 11.5. The van der Waals surface area contributed by atoms with Crippen LogP contribution in [0.1, 0.15) is 12.0 Å². The molecular formula is C15H25N3O. The van der Waals surface area contributed by atoms with Crippen molar-refractivity contribution in [2.24, 2.45) is 0 Å². The lowest BCUT2D eigenvalue weighted by molar-refractivity contribution is -0.120. The fourth-order valence-electron chi connectivity index (χ4n) is 1.73. The minimum atomic E-state index is 0.0758. The molecular weight excluding hydrogens is 238 g/mol. The molecule has 4 nitrogen and oxygen atoms in total. The van der Waals surface area contributed by atoms with E-state index >= 15 is 0 Å². The molecule has 1 aromatic rings. The molecule has 0 saturated heterocycles. The van der Waals surface area contributed by atoms with Gasteiger partial charge in [0.1, 0.15) is 0 Å². The number of amides is 1. The van der Waals surface area contributed by atoms with Gasteiger partial charge < -0.3 is 15.5 Å². The number of nitrogens with one attached hydrogen (secondary N) is 2. The van der Waals surface area contributed by atoms with E-state index in [0.717, 1.165) is 32.5 Å². The first-order valence-electron chi connectivity index (χ1n) is 6.84. The second kappa shape index (κ2) is 9.53. The van der Waals surface area contributed by atoms with Crippen LogP contribution >= 0.6 is 0 Å². The van der Waals surface area contributed by atoms with E-state index in [2.05, 4.69) is 27.7 Å². The van der Waals surface area contributed by atoms with Crippen LogP contribution in [0.15, 0.2) is 30.3 Å². The monoisotopic (exact) mass is 263 g/mol. The molecule has 4 heteroatoms. The highest BCUT2D eigenvalue weighted by Gasteiger charge is 2.00. The third-order valence-corrected chi connectivity index (χ3v) is 2.83. The quantitative estimate of drug-likeness (QED) is 0.650. The summed E-state index contributed by atoms with van der Waals surface area (Å²) in [5.74, 6) is 0.0758. The predicted molar refractivity (Wildman–Crippen MR) is 79.2 cm³/mol. The van der Waals surface area contributed by atoms with E-state index in [1.54, 1.807) is 0 Å². The normalized spacial score (nSPS) is 10.7. The number of likely N-dealkylation sites (N-methyl/N-ethyl adjacent to an activating group) is 1. The Morgan fingerprint density at radius 2 is 1.89 bits per heavy atom. The number of benzene rings is 1. The van der Waals surface area contributed by atoms with E-state index in [1.165, 1.54) is 5.56 Å². The molecule has 2 N–H and O–H groups in total. The molecule has 1 rings (SSSR count). The van der Waals surface area contributed by atoms with Gasteiger partial charge in [-0.2, -0.15) is 0 Å². The molecule has 0 atom stereocenters. The number of carbonyl (C=O) groups is 1. The van der Waals surface area contributed by atoms with Crippen molar-refractivity contribution in [1.82, 2.24) is 15.5 Å². The first-order chi connectivity index (χ1) is 9.18. The topological polar surface area (TPSA) is 44.4 Å². The van der Waals surface area contributed by atoms with Gasteiger partial charge in [-0.1, -0.05) is 30.3 Å². The molecule has 0 aliphatic rings. The van der Waals surface area contributed by atoms with E-state index in [4.69, 9.17) is 0 Å². The summed E-state index contributed by atoms with van der Waals surface area (Å²) >= 11 is 0. The van der Waals surface area contributed by atoms with Crippen LogP contribution in [0.5, 0.6) is 0 Å². The first kappa shape index (κ1) is 15.7. The number of carbonyl (C=O) groups excluding carboxylic acids is 1. The van der Waals surface area contributed by atoms with Gasteiger partial charge in [-0.05, 0) is 32.5 Å². The molecule has 0 bridgehead atoms. The molecule has 0 aliphatic heterocycles. The van der Waals surface area contributed by atoms with Gasteiger partial charge in [-0.3, -0.25) is 4.79 Å². The Kier molecular flexibility index (Phi) is 7.86. The smallest absolute Gasteiger partial charge is 0.233 e. The fraction of sp³-hybridized carbons (Fsp3) is 0.533. The summed E-state index contributed by atoms with van der Waals surface area (Å²) in [6.07, 6.45) is 1.99. The van der Waals surface area contributed by atoms with Crippen LogP contribution in [0.25, 0.3) is 0 Å². The van der Waals surface area contributed by atoms with E-state index in [9.17, 15) is 4.79 Å². The first-order valence-corrected chi connectivity index (χ1v) is 6.84. The minimum Gasteiger partial charge on any atom is -0.355 e. The van der Waals surface area contributed by atoms with Crippen LogP contribution in [0.4, 0.5) is 0 Å². The Labute approximate surface area is 116 Å². The summed E-state index contributed by atoms with van der Waals surface area (Å²) < 4.78 is 0. The van der Waals surface area contributed by atoms with Gasteiger partial charge in [0.05, 0.1) is 6.54 Å². The minimum absolute atomic E-state index is 0.0758. The SMILES string of the molecule is CN(C)CCNCC(=O)NCCCc1ccccc1. The van der Waals surface area contributed by atoms with Crippen LogP contribution in [-0.2, 0) is 11.2 Å². The number of rotatable bonds is 9. The van der Waals surface area contributed by atoms with Crippen LogP contribution in [0.3, 0.4) is 0 Å². The summed E-state index contributed by atoms with van der Waals surface area (Å²) in [7, 11) is 4.04. The Bertz CT molecular complexity index is 352. The molecule has 1 aromatic carbocycles. The van der Waals surface area contributed by atoms with Gasteiger partial charge in [-0.15, -0.1) is 0 Å². The van der Waals surface area contributed by atoms with Crippen LogP contribution in [-0.4, -0.2) is 51.1 Å². The summed E-state index contributed by atoms with van der Waals surface area (Å²) in [6.45, 7) is 2.92. The Morgan fingerprint density at radius 3 is 2.58 bits per heavy atom. The predicted octanol–water partition coefficient (Wildman–Crippen LogP) is 0.887. The lowest BCUT2D eigenvalue weighted by Gasteiger charge is -2.10. The molecule has 0 aromatic heterocycles. The van der Waals surface area contributed by atoms with Crippen molar-refractivity contribution in [2.45, 2.75) is 12.8 Å². The van der Waals surface area contributed by atoms with Crippen molar-refractivity contribution < 1.29 is 4.79 Å². The molecule has 0 aliphatic carbocycles. The fourth-order valence-corrected chi connectivity index (χ4v) is 1.73. The Hall–Kier alpha value is -1.39. The van der Waals surface area contributed by atoms with E-state index in [-0.39, 0.29) is 5.91 Å². The Balaban J connectivity index is 1.98. The van der Waals surface area contributed by atoms with Crippen molar-refractivity contribution in [2.75, 3.05) is 40.3 Å². The van der Waals surface area contributed by atoms with Gasteiger partial charge in [0.25, 0.3) is 0 Å². The third-order valence-electron chi connectivity index (χ3n) is 2.83. The molecule has 19 heavy (non-hydrogen) atoms. The molecule has 106 valence electrons. The van der Waals surface area contributed by atoms with Crippen molar-refractivity contribution in [1.29, 1.82) is 0 Å². The maximum atomic E-state index is 11.5. The molecule has 1 amide bonds. The highest BCUT2D eigenvalue weighted by molar-refractivity contribution is 5.77. The van der Waals surface area contributed by atoms with Crippen molar-refractivity contribution in [3.63, 3.8) is 0 Å². The van der Waals surface area contributed by atoms with Crippen LogP contribution in [0, 0.1) is 0 Å². The van der Waals surface area contributed by atoms with Gasteiger partial charge >= 0.3 is 0 Å². The lowest BCUT2D eigenvalue weighted by atomic mass is 10.1. The summed E-state index contributed by atoms with van der Waals surface area (Å²) in [5.41, 5.74) is 1.32. The van der Waals surface area contributed by atoms with Crippen LogP contribution < -0.4 is 10.6 Å². The molecule has 0 radical (unpaired) electrons. The van der Waals surface area contributed by atoms with Crippen molar-refractivity contribution in [3.8, 4) is 0 Å². The number of hydrogen-bond acceptors (Lipinski definition) is 3. The number of aryl methyl sites for hydroxylation is 1. The van der Waals surface area contributed by atoms with Gasteiger partial charge in [0, 0.05) is 19.6 Å². The summed E-state index contributed by atoms with van der Waals surface area (Å²) in [6, 6.07) is 10.3. The van der Waals surface area contributed by atoms with Gasteiger partial charge in [-0.25, -0.2) is 0 Å². The van der Waals surface area contributed by atoms with Crippen molar-refractivity contribution >= 4 is 5.91 Å². The van der Waals surface area contributed by atoms with Crippen molar-refractivity contribution in [3.05, 3.63) is 35.9 Å². The van der Waals surface area contributed by atoms with E-state index in [1.807, 2.05) is 32.3 Å². The molecule has 0 fully saturated rings. The standard InChI is InChI=1S/C15H25N3O/c1-18(2)12-11-16-13-15(19)17-10-6-9-14-7-4-3-5-8-14/h3-5,7-8,16H,6,9-13H2,1-2H3,(H,17,19). The number of nitrogens with zero attached hydrogens (tertiary/aromatic N) is 1. The average Bonchev–Trinajstić information content (AvgIpc) is 2.41. The molecule has 0 spiro atoms. The summed E-state index contributed by atoms with van der Waals surface area (Å²) in [5, 5.41) is 6.05. The number of hydrogen-bond donors (Lipinski definition) is 2. The average molecular weight is 263 g/mol. The van der Waals surface area contributed by atoms with Gasteiger partial charge in [0.15, 0.2) is 0 Å². The summed E-state index contributed by atoms with van der Waals surface area (Å²) in [4.78, 5) is 13.6. The lowest BCUT2D eigenvalue weighted by Crippen LogP contribution is -2.37. The largest absolute Gasteiger partial charge is 0.355 e. The second-order valence-corrected chi connectivity index (χ2v) is 4.92. The molecule has 0 saturated carbocycles. The second-order valence-electron chi connectivity index (χ2n) is 4.92. The molecule has 0 unspecified atom stereocenters. The highest BCUT2D eigenvalue weighted by atomic mass is 16.1.